The predicted molar refractivity (Wildman–Crippen MR) is 55.9 cm³/mol. The summed E-state index contributed by atoms with van der Waals surface area (Å²) in [6.45, 7) is 1.86. The molecule has 2 nitrogen and oxygen atoms in total. The fourth-order valence-corrected chi connectivity index (χ4v) is 1.03. The van der Waals surface area contributed by atoms with E-state index in [1.165, 1.54) is 0 Å². The minimum absolute atomic E-state index is 0.569. The molecule has 0 fully saturated rings. The van der Waals surface area contributed by atoms with Gasteiger partial charge in [0.25, 0.3) is 0 Å². The van der Waals surface area contributed by atoms with Crippen LogP contribution in [0.25, 0.3) is 0 Å². The molecule has 0 aliphatic rings. The van der Waals surface area contributed by atoms with Gasteiger partial charge in [0.1, 0.15) is 0 Å². The van der Waals surface area contributed by atoms with Crippen molar-refractivity contribution in [2.24, 2.45) is 4.99 Å². The number of halogens is 1. The first-order valence-corrected chi connectivity index (χ1v) is 4.22. The molecule has 0 N–H and O–H groups in total. The van der Waals surface area contributed by atoms with E-state index in [4.69, 9.17) is 11.6 Å². The summed E-state index contributed by atoms with van der Waals surface area (Å²) < 4.78 is 0. The molecule has 1 aromatic heterocycles. The van der Waals surface area contributed by atoms with E-state index in [1.54, 1.807) is 12.3 Å². The number of rotatable bonds is 0. The van der Waals surface area contributed by atoms with Crippen LogP contribution in [0.5, 0.6) is 0 Å². The van der Waals surface area contributed by atoms with Crippen LogP contribution < -0.4 is 0 Å². The Kier molecular flexibility index (Phi) is 3.60. The first kappa shape index (κ1) is 9.88. The second-order valence-corrected chi connectivity index (χ2v) is 2.84. The zero-order chi connectivity index (χ0) is 9.68. The van der Waals surface area contributed by atoms with Crippen molar-refractivity contribution < 1.29 is 0 Å². The zero-order valence-corrected chi connectivity index (χ0v) is 8.41. The molecule has 0 unspecified atom stereocenters. The lowest BCUT2D eigenvalue weighted by Gasteiger charge is -1.95. The Balaban J connectivity index is 3.04. The van der Waals surface area contributed by atoms with E-state index >= 15 is 0 Å². The van der Waals surface area contributed by atoms with Crippen LogP contribution in [0, 0.1) is 18.9 Å². The van der Waals surface area contributed by atoms with Crippen molar-refractivity contribution in [3.8, 4) is 12.0 Å². The number of thiocarbonyl (C=S) groups is 1. The maximum atomic E-state index is 5.88. The third kappa shape index (κ3) is 2.96. The molecule has 13 heavy (non-hydrogen) atoms. The Labute approximate surface area is 86.7 Å². The van der Waals surface area contributed by atoms with Crippen molar-refractivity contribution in [1.82, 2.24) is 4.98 Å². The molecule has 0 atom stereocenters. The predicted octanol–water partition coefficient (Wildman–Crippen LogP) is 2.46. The number of hydrogen-bond acceptors (Lipinski definition) is 3. The van der Waals surface area contributed by atoms with Crippen molar-refractivity contribution in [2.45, 2.75) is 6.92 Å². The van der Waals surface area contributed by atoms with Gasteiger partial charge in [-0.2, -0.15) is 0 Å². The molecular formula is C9H5ClN2S. The van der Waals surface area contributed by atoms with Gasteiger partial charge in [-0.1, -0.05) is 11.6 Å². The summed E-state index contributed by atoms with van der Waals surface area (Å²) >= 11 is 10.2. The van der Waals surface area contributed by atoms with E-state index in [0.29, 0.717) is 10.6 Å². The van der Waals surface area contributed by atoms with E-state index < -0.39 is 0 Å². The quantitative estimate of drug-likeness (QED) is 0.372. The van der Waals surface area contributed by atoms with Gasteiger partial charge in [0.15, 0.2) is 0 Å². The number of aliphatic imine (C=N–C) groups is 1. The van der Waals surface area contributed by atoms with Gasteiger partial charge in [0.2, 0.25) is 0 Å². The molecule has 1 rings (SSSR count). The monoisotopic (exact) mass is 208 g/mol. The van der Waals surface area contributed by atoms with Gasteiger partial charge in [-0.15, -0.1) is 4.99 Å². The van der Waals surface area contributed by atoms with E-state index in [0.717, 1.165) is 5.69 Å². The number of isothiocyanates is 1. The summed E-state index contributed by atoms with van der Waals surface area (Å²) in [4.78, 5) is 7.49. The normalized spacial score (nSPS) is 8.15. The Bertz CT molecular complexity index is 425. The molecule has 0 amide bonds. The number of hydrogen-bond donors (Lipinski definition) is 0. The van der Waals surface area contributed by atoms with E-state index in [-0.39, 0.29) is 0 Å². The number of pyridine rings is 1. The lowest BCUT2D eigenvalue weighted by molar-refractivity contribution is 1.19. The molecule has 1 aromatic rings. The van der Waals surface area contributed by atoms with E-state index in [9.17, 15) is 0 Å². The molecule has 0 aromatic carbocycles. The summed E-state index contributed by atoms with van der Waals surface area (Å²) in [7, 11) is 0. The van der Waals surface area contributed by atoms with Crippen molar-refractivity contribution >= 4 is 29.0 Å². The first-order valence-electron chi connectivity index (χ1n) is 3.44. The zero-order valence-electron chi connectivity index (χ0n) is 6.84. The molecule has 0 saturated heterocycles. The summed E-state index contributed by atoms with van der Waals surface area (Å²) in [6.07, 6.45) is 1.60. The molecular weight excluding hydrogens is 204 g/mol. The molecule has 1 heterocycles. The molecule has 4 heteroatoms. The smallest absolute Gasteiger partial charge is 0.0743 e. The van der Waals surface area contributed by atoms with Gasteiger partial charge >= 0.3 is 0 Å². The van der Waals surface area contributed by atoms with Crippen LogP contribution in [0.4, 0.5) is 0 Å². The maximum Gasteiger partial charge on any atom is 0.0743 e. The Morgan fingerprint density at radius 3 is 3.00 bits per heavy atom. The number of aryl methyl sites for hydroxylation is 1. The highest BCUT2D eigenvalue weighted by Crippen LogP contribution is 2.13. The molecule has 0 radical (unpaired) electrons. The highest BCUT2D eigenvalue weighted by Gasteiger charge is 1.96. The van der Waals surface area contributed by atoms with Gasteiger partial charge in [-0.05, 0) is 31.1 Å². The highest BCUT2D eigenvalue weighted by atomic mass is 35.5. The summed E-state index contributed by atoms with van der Waals surface area (Å²) in [5.41, 5.74) is 1.50. The second-order valence-electron chi connectivity index (χ2n) is 2.25. The summed E-state index contributed by atoms with van der Waals surface area (Å²) in [6, 6.07) is 4.19. The van der Waals surface area contributed by atoms with Gasteiger partial charge in [-0.3, -0.25) is 4.98 Å². The van der Waals surface area contributed by atoms with Gasteiger partial charge in [-0.25, -0.2) is 0 Å². The Morgan fingerprint density at radius 1 is 1.62 bits per heavy atom. The summed E-state index contributed by atoms with van der Waals surface area (Å²) in [5, 5.41) is 2.71. The van der Waals surface area contributed by atoms with Crippen LogP contribution in [0.1, 0.15) is 11.3 Å². The lowest BCUT2D eigenvalue weighted by atomic mass is 10.2. The average molecular weight is 209 g/mol. The number of aromatic nitrogens is 1. The second kappa shape index (κ2) is 4.74. The minimum atomic E-state index is 0.569. The standard InChI is InChI=1S/C9H5ClN2S/c1-7-4-9(10)8(5-12-7)2-3-11-6-13/h4-5H,1H3. The van der Waals surface area contributed by atoms with Crippen molar-refractivity contribution in [2.75, 3.05) is 0 Å². The molecule has 0 aliphatic carbocycles. The van der Waals surface area contributed by atoms with Crippen LogP contribution in [-0.2, 0) is 0 Å². The maximum absolute atomic E-state index is 5.88. The van der Waals surface area contributed by atoms with Gasteiger partial charge in [0, 0.05) is 11.9 Å². The topological polar surface area (TPSA) is 25.2 Å². The Morgan fingerprint density at radius 2 is 2.38 bits per heavy atom. The molecule has 0 spiro atoms. The third-order valence-electron chi connectivity index (χ3n) is 1.28. The van der Waals surface area contributed by atoms with E-state index in [2.05, 4.69) is 39.3 Å². The van der Waals surface area contributed by atoms with Crippen molar-refractivity contribution in [3.05, 3.63) is 28.5 Å². The van der Waals surface area contributed by atoms with Crippen LogP contribution in [0.3, 0.4) is 0 Å². The fraction of sp³-hybridized carbons (Fsp3) is 0.111. The molecule has 64 valence electrons. The molecule has 0 aliphatic heterocycles. The minimum Gasteiger partial charge on any atom is -0.260 e. The van der Waals surface area contributed by atoms with Crippen LogP contribution in [0.2, 0.25) is 5.02 Å². The van der Waals surface area contributed by atoms with Crippen molar-refractivity contribution in [1.29, 1.82) is 0 Å². The van der Waals surface area contributed by atoms with Crippen molar-refractivity contribution in [3.63, 3.8) is 0 Å². The SMILES string of the molecule is Cc1cc(Cl)c(C#CN=C=S)cn1. The van der Waals surface area contributed by atoms with Gasteiger partial charge < -0.3 is 0 Å². The Hall–Kier alpha value is -1.20. The van der Waals surface area contributed by atoms with E-state index in [1.807, 2.05) is 6.92 Å². The highest BCUT2D eigenvalue weighted by molar-refractivity contribution is 7.78. The lowest BCUT2D eigenvalue weighted by Crippen LogP contribution is -1.83. The van der Waals surface area contributed by atoms with Crippen LogP contribution in [-0.4, -0.2) is 10.1 Å². The van der Waals surface area contributed by atoms with Crippen LogP contribution >= 0.6 is 23.8 Å². The number of nitrogens with zero attached hydrogens (tertiary/aromatic N) is 2. The third-order valence-corrected chi connectivity index (χ3v) is 1.69. The fourth-order valence-electron chi connectivity index (χ4n) is 0.729. The molecule has 0 bridgehead atoms. The van der Waals surface area contributed by atoms with Gasteiger partial charge in [0.05, 0.1) is 21.8 Å². The molecule has 0 saturated carbocycles. The summed E-state index contributed by atoms with van der Waals surface area (Å²) in [5.74, 6) is 2.70. The van der Waals surface area contributed by atoms with Crippen LogP contribution in [0.15, 0.2) is 17.3 Å². The average Bonchev–Trinajstić information content (AvgIpc) is 2.09. The largest absolute Gasteiger partial charge is 0.260 e. The first-order chi connectivity index (χ1) is 6.24.